The highest BCUT2D eigenvalue weighted by Gasteiger charge is 2.38. The number of nitrogens with one attached hydrogen (secondary N) is 1. The SMILES string of the molecule is CNCc1cnn(-c2ccc(C(C)C)cc2)c1C(F)(F)F. The van der Waals surface area contributed by atoms with Crippen LogP contribution in [0.5, 0.6) is 0 Å². The van der Waals surface area contributed by atoms with Crippen LogP contribution >= 0.6 is 0 Å². The standard InChI is InChI=1S/C15H18F3N3/c1-10(2)11-4-6-13(7-5-11)21-14(15(16,17)18)12(8-19-3)9-20-21/h4-7,9-10,19H,8H2,1-3H3. The van der Waals surface area contributed by atoms with Gasteiger partial charge in [0.05, 0.1) is 11.9 Å². The van der Waals surface area contributed by atoms with Crippen molar-refractivity contribution in [1.82, 2.24) is 15.1 Å². The third kappa shape index (κ3) is 3.26. The maximum atomic E-state index is 13.3. The summed E-state index contributed by atoms with van der Waals surface area (Å²) in [6, 6.07) is 7.00. The van der Waals surface area contributed by atoms with E-state index < -0.39 is 11.9 Å². The Kier molecular flexibility index (Phi) is 4.37. The lowest BCUT2D eigenvalue weighted by Crippen LogP contribution is -2.17. The van der Waals surface area contributed by atoms with Gasteiger partial charge in [-0.3, -0.25) is 0 Å². The Morgan fingerprint density at radius 3 is 2.29 bits per heavy atom. The average molecular weight is 297 g/mol. The van der Waals surface area contributed by atoms with Crippen LogP contribution < -0.4 is 5.32 Å². The van der Waals surface area contributed by atoms with Gasteiger partial charge in [-0.15, -0.1) is 0 Å². The maximum Gasteiger partial charge on any atom is 0.433 e. The molecular weight excluding hydrogens is 279 g/mol. The van der Waals surface area contributed by atoms with Crippen LogP contribution in [0.1, 0.15) is 36.6 Å². The summed E-state index contributed by atoms with van der Waals surface area (Å²) in [5.41, 5.74) is 0.899. The molecule has 0 spiro atoms. The average Bonchev–Trinajstić information content (AvgIpc) is 2.83. The Morgan fingerprint density at radius 2 is 1.81 bits per heavy atom. The number of aromatic nitrogens is 2. The lowest BCUT2D eigenvalue weighted by atomic mass is 10.0. The van der Waals surface area contributed by atoms with E-state index >= 15 is 0 Å². The zero-order chi connectivity index (χ0) is 15.6. The van der Waals surface area contributed by atoms with Gasteiger partial charge in [-0.25, -0.2) is 4.68 Å². The molecule has 0 aliphatic carbocycles. The summed E-state index contributed by atoms with van der Waals surface area (Å²) in [5.74, 6) is 0.332. The number of benzene rings is 1. The molecule has 6 heteroatoms. The topological polar surface area (TPSA) is 29.9 Å². The molecule has 0 saturated heterocycles. The van der Waals surface area contributed by atoms with Gasteiger partial charge >= 0.3 is 6.18 Å². The molecule has 1 N–H and O–H groups in total. The Morgan fingerprint density at radius 1 is 1.19 bits per heavy atom. The van der Waals surface area contributed by atoms with Crippen LogP contribution in [-0.4, -0.2) is 16.8 Å². The van der Waals surface area contributed by atoms with Crippen molar-refractivity contribution in [3.05, 3.63) is 47.3 Å². The quantitative estimate of drug-likeness (QED) is 0.932. The zero-order valence-corrected chi connectivity index (χ0v) is 12.2. The van der Waals surface area contributed by atoms with E-state index in [-0.39, 0.29) is 12.1 Å². The summed E-state index contributed by atoms with van der Waals surface area (Å²) in [5, 5.41) is 6.63. The van der Waals surface area contributed by atoms with Crippen molar-refractivity contribution in [3.8, 4) is 5.69 Å². The summed E-state index contributed by atoms with van der Waals surface area (Å²) >= 11 is 0. The van der Waals surface area contributed by atoms with Crippen molar-refractivity contribution in [2.75, 3.05) is 7.05 Å². The van der Waals surface area contributed by atoms with E-state index in [9.17, 15) is 13.2 Å². The van der Waals surface area contributed by atoms with Crippen molar-refractivity contribution < 1.29 is 13.2 Å². The second-order valence-electron chi connectivity index (χ2n) is 5.20. The molecule has 1 heterocycles. The van der Waals surface area contributed by atoms with Gasteiger partial charge < -0.3 is 5.32 Å². The molecular formula is C15H18F3N3. The highest BCUT2D eigenvalue weighted by atomic mass is 19.4. The molecule has 0 atom stereocenters. The van der Waals surface area contributed by atoms with Gasteiger partial charge in [0.25, 0.3) is 0 Å². The van der Waals surface area contributed by atoms with Crippen molar-refractivity contribution in [2.45, 2.75) is 32.5 Å². The van der Waals surface area contributed by atoms with Crippen LogP contribution in [0.25, 0.3) is 5.69 Å². The molecule has 0 aliphatic heterocycles. The summed E-state index contributed by atoms with van der Waals surface area (Å²) in [6.45, 7) is 4.20. The number of halogens is 3. The number of hydrogen-bond donors (Lipinski definition) is 1. The maximum absolute atomic E-state index is 13.3. The fraction of sp³-hybridized carbons (Fsp3) is 0.400. The third-order valence-corrected chi connectivity index (χ3v) is 3.29. The minimum atomic E-state index is -4.45. The number of nitrogens with zero attached hydrogens (tertiary/aromatic N) is 2. The highest BCUT2D eigenvalue weighted by molar-refractivity contribution is 5.39. The Hall–Kier alpha value is -1.82. The van der Waals surface area contributed by atoms with E-state index in [1.54, 1.807) is 19.2 Å². The number of alkyl halides is 3. The van der Waals surface area contributed by atoms with Crippen LogP contribution in [0, 0.1) is 0 Å². The Labute approximate surface area is 121 Å². The van der Waals surface area contributed by atoms with Crippen LogP contribution in [0.4, 0.5) is 13.2 Å². The zero-order valence-electron chi connectivity index (χ0n) is 12.2. The molecule has 1 aromatic carbocycles. The van der Waals surface area contributed by atoms with Crippen LogP contribution in [-0.2, 0) is 12.7 Å². The van der Waals surface area contributed by atoms with Gasteiger partial charge in [0.15, 0.2) is 5.69 Å². The number of hydrogen-bond acceptors (Lipinski definition) is 2. The van der Waals surface area contributed by atoms with Gasteiger partial charge in [0, 0.05) is 12.1 Å². The summed E-state index contributed by atoms with van der Waals surface area (Å²) in [4.78, 5) is 0. The van der Waals surface area contributed by atoms with Gasteiger partial charge in [-0.2, -0.15) is 18.3 Å². The second-order valence-corrected chi connectivity index (χ2v) is 5.20. The van der Waals surface area contributed by atoms with Crippen LogP contribution in [0.2, 0.25) is 0 Å². The van der Waals surface area contributed by atoms with E-state index in [0.717, 1.165) is 10.2 Å². The van der Waals surface area contributed by atoms with Crippen molar-refractivity contribution >= 4 is 0 Å². The van der Waals surface area contributed by atoms with E-state index in [2.05, 4.69) is 10.4 Å². The molecule has 2 rings (SSSR count). The normalized spacial score (nSPS) is 12.1. The fourth-order valence-electron chi connectivity index (χ4n) is 2.20. The first-order valence-corrected chi connectivity index (χ1v) is 6.73. The molecule has 0 amide bonds. The lowest BCUT2D eigenvalue weighted by Gasteiger charge is -2.13. The van der Waals surface area contributed by atoms with Crippen LogP contribution in [0.15, 0.2) is 30.5 Å². The monoisotopic (exact) mass is 297 g/mol. The van der Waals surface area contributed by atoms with Crippen molar-refractivity contribution in [3.63, 3.8) is 0 Å². The minimum Gasteiger partial charge on any atom is -0.316 e. The predicted molar refractivity (Wildman–Crippen MR) is 75.4 cm³/mol. The Bertz CT molecular complexity index is 598. The summed E-state index contributed by atoms with van der Waals surface area (Å²) in [6.07, 6.45) is -3.19. The Balaban J connectivity index is 2.48. The van der Waals surface area contributed by atoms with Crippen molar-refractivity contribution in [1.29, 1.82) is 0 Å². The molecule has 114 valence electrons. The molecule has 0 unspecified atom stereocenters. The molecule has 0 fully saturated rings. The highest BCUT2D eigenvalue weighted by Crippen LogP contribution is 2.33. The van der Waals surface area contributed by atoms with Gasteiger partial charge in [0.2, 0.25) is 0 Å². The van der Waals surface area contributed by atoms with Crippen LogP contribution in [0.3, 0.4) is 0 Å². The predicted octanol–water partition coefficient (Wildman–Crippen LogP) is 3.73. The molecule has 0 saturated carbocycles. The largest absolute Gasteiger partial charge is 0.433 e. The summed E-state index contributed by atoms with van der Waals surface area (Å²) < 4.78 is 40.8. The van der Waals surface area contributed by atoms with E-state index in [1.807, 2.05) is 26.0 Å². The van der Waals surface area contributed by atoms with Gasteiger partial charge in [-0.05, 0) is 30.7 Å². The van der Waals surface area contributed by atoms with Crippen molar-refractivity contribution in [2.24, 2.45) is 0 Å². The summed E-state index contributed by atoms with van der Waals surface area (Å²) in [7, 11) is 1.61. The van der Waals surface area contributed by atoms with E-state index in [0.29, 0.717) is 11.6 Å². The fourth-order valence-corrected chi connectivity index (χ4v) is 2.20. The number of rotatable bonds is 4. The van der Waals surface area contributed by atoms with E-state index in [1.165, 1.54) is 6.20 Å². The first kappa shape index (κ1) is 15.6. The smallest absolute Gasteiger partial charge is 0.316 e. The first-order valence-electron chi connectivity index (χ1n) is 6.73. The van der Waals surface area contributed by atoms with Gasteiger partial charge in [0.1, 0.15) is 0 Å². The first-order chi connectivity index (χ1) is 9.84. The van der Waals surface area contributed by atoms with E-state index in [4.69, 9.17) is 0 Å². The molecule has 1 aromatic heterocycles. The molecule has 0 radical (unpaired) electrons. The third-order valence-electron chi connectivity index (χ3n) is 3.29. The molecule has 0 bridgehead atoms. The van der Waals surface area contributed by atoms with Gasteiger partial charge in [-0.1, -0.05) is 26.0 Å². The second kappa shape index (κ2) is 5.89. The molecule has 0 aliphatic rings. The molecule has 3 nitrogen and oxygen atoms in total. The lowest BCUT2D eigenvalue weighted by molar-refractivity contribution is -0.143. The molecule has 2 aromatic rings. The minimum absolute atomic E-state index is 0.124. The molecule has 21 heavy (non-hydrogen) atoms.